The fourth-order valence-electron chi connectivity index (χ4n) is 2.64. The van der Waals surface area contributed by atoms with E-state index < -0.39 is 0 Å². The molecule has 1 amide bonds. The summed E-state index contributed by atoms with van der Waals surface area (Å²) in [6, 6.07) is 14.9. The van der Waals surface area contributed by atoms with Crippen molar-refractivity contribution >= 4 is 12.1 Å². The van der Waals surface area contributed by atoms with Crippen molar-refractivity contribution in [3.05, 3.63) is 54.1 Å². The zero-order valence-electron chi connectivity index (χ0n) is 17.9. The number of hydrogen-bond donors (Lipinski definition) is 1. The Hall–Kier alpha value is -3.75. The van der Waals surface area contributed by atoms with Crippen LogP contribution in [0.25, 0.3) is 11.4 Å². The van der Waals surface area contributed by atoms with E-state index in [4.69, 9.17) is 9.47 Å². The van der Waals surface area contributed by atoms with Crippen LogP contribution in [0.2, 0.25) is 0 Å². The van der Waals surface area contributed by atoms with Crippen molar-refractivity contribution in [1.29, 1.82) is 0 Å². The van der Waals surface area contributed by atoms with Crippen LogP contribution < -0.4 is 14.9 Å². The van der Waals surface area contributed by atoms with E-state index in [1.165, 1.54) is 11.0 Å². The largest absolute Gasteiger partial charge is 0.493 e. The zero-order chi connectivity index (χ0) is 22.1. The van der Waals surface area contributed by atoms with E-state index in [0.29, 0.717) is 29.8 Å². The lowest BCUT2D eigenvalue weighted by atomic mass is 10.1. The van der Waals surface area contributed by atoms with Gasteiger partial charge in [-0.15, -0.1) is 10.2 Å². The predicted octanol–water partition coefficient (Wildman–Crippen LogP) is 2.92. The Morgan fingerprint density at radius 1 is 1.19 bits per heavy atom. The van der Waals surface area contributed by atoms with Gasteiger partial charge in [0, 0.05) is 5.56 Å². The summed E-state index contributed by atoms with van der Waals surface area (Å²) in [6.45, 7) is 4.83. The van der Waals surface area contributed by atoms with Crippen LogP contribution in [0.5, 0.6) is 11.5 Å². The predicted molar refractivity (Wildman–Crippen MR) is 117 cm³/mol. The quantitative estimate of drug-likeness (QED) is 0.398. The maximum Gasteiger partial charge on any atom is 0.263 e. The lowest BCUT2D eigenvalue weighted by Crippen LogP contribution is -2.24. The minimum absolute atomic E-state index is 0.0941. The second-order valence-electron chi connectivity index (χ2n) is 7.24. The molecule has 0 unspecified atom stereocenters. The van der Waals surface area contributed by atoms with Gasteiger partial charge >= 0.3 is 0 Å². The molecule has 1 heterocycles. The average molecular weight is 422 g/mol. The molecule has 0 saturated heterocycles. The third kappa shape index (κ3) is 6.63. The molecule has 0 saturated carbocycles. The van der Waals surface area contributed by atoms with Gasteiger partial charge in [-0.05, 0) is 41.3 Å². The monoisotopic (exact) mass is 422 g/mol. The molecule has 0 radical (unpaired) electrons. The number of nitrogens with one attached hydrogen (secondary N) is 1. The molecule has 162 valence electrons. The second-order valence-corrected chi connectivity index (χ2v) is 7.24. The lowest BCUT2D eigenvalue weighted by Gasteiger charge is -2.12. The van der Waals surface area contributed by atoms with E-state index >= 15 is 0 Å². The molecule has 0 fully saturated rings. The first-order valence-electron chi connectivity index (χ1n) is 10.0. The van der Waals surface area contributed by atoms with E-state index in [2.05, 4.69) is 39.8 Å². The number of nitrogens with zero attached hydrogens (tertiary/aromatic N) is 5. The molecule has 0 bridgehead atoms. The van der Waals surface area contributed by atoms with Gasteiger partial charge in [0.1, 0.15) is 6.54 Å². The van der Waals surface area contributed by atoms with Crippen LogP contribution in [0.15, 0.2) is 53.6 Å². The Labute approximate surface area is 181 Å². The second kappa shape index (κ2) is 10.9. The number of aromatic nitrogens is 4. The van der Waals surface area contributed by atoms with Gasteiger partial charge in [0.15, 0.2) is 11.5 Å². The van der Waals surface area contributed by atoms with Gasteiger partial charge in [0.25, 0.3) is 5.91 Å². The highest BCUT2D eigenvalue weighted by Gasteiger charge is 2.09. The van der Waals surface area contributed by atoms with Gasteiger partial charge in [-0.1, -0.05) is 44.2 Å². The van der Waals surface area contributed by atoms with Crippen LogP contribution >= 0.6 is 0 Å². The molecule has 0 atom stereocenters. The molecular formula is C22H26N6O3. The molecular weight excluding hydrogens is 396 g/mol. The van der Waals surface area contributed by atoms with Crippen molar-refractivity contribution in [2.75, 3.05) is 13.7 Å². The molecule has 2 aromatic carbocycles. The molecule has 3 rings (SSSR count). The van der Waals surface area contributed by atoms with Crippen LogP contribution in [-0.4, -0.2) is 46.0 Å². The summed E-state index contributed by atoms with van der Waals surface area (Å²) >= 11 is 0. The molecule has 9 heteroatoms. The molecule has 0 aliphatic carbocycles. The van der Waals surface area contributed by atoms with E-state index in [9.17, 15) is 4.79 Å². The number of hydrogen-bond acceptors (Lipinski definition) is 7. The smallest absolute Gasteiger partial charge is 0.263 e. The molecule has 1 N–H and O–H groups in total. The fraction of sp³-hybridized carbons (Fsp3) is 0.318. The van der Waals surface area contributed by atoms with Gasteiger partial charge in [0.05, 0.1) is 19.9 Å². The number of rotatable bonds is 10. The average Bonchev–Trinajstić information content (AvgIpc) is 3.23. The summed E-state index contributed by atoms with van der Waals surface area (Å²) in [5, 5.41) is 16.1. The maximum absolute atomic E-state index is 12.1. The Morgan fingerprint density at radius 2 is 2.00 bits per heavy atom. The van der Waals surface area contributed by atoms with Crippen molar-refractivity contribution in [2.24, 2.45) is 11.0 Å². The van der Waals surface area contributed by atoms with Crippen LogP contribution in [0.1, 0.15) is 25.8 Å². The summed E-state index contributed by atoms with van der Waals surface area (Å²) in [5.74, 6) is 1.95. The van der Waals surface area contributed by atoms with Crippen molar-refractivity contribution in [3.8, 4) is 22.9 Å². The molecule has 1 aromatic heterocycles. The number of methoxy groups -OCH3 is 1. The normalized spacial score (nSPS) is 11.1. The Kier molecular flexibility index (Phi) is 7.69. The van der Waals surface area contributed by atoms with Gasteiger partial charge in [-0.3, -0.25) is 4.79 Å². The van der Waals surface area contributed by atoms with Crippen LogP contribution in [0, 0.1) is 5.92 Å². The number of tetrazole rings is 1. The Morgan fingerprint density at radius 3 is 2.74 bits per heavy atom. The topological polar surface area (TPSA) is 104 Å². The van der Waals surface area contributed by atoms with Crippen molar-refractivity contribution in [3.63, 3.8) is 0 Å². The van der Waals surface area contributed by atoms with Gasteiger partial charge in [0.2, 0.25) is 5.82 Å². The minimum atomic E-state index is -0.367. The first-order valence-corrected chi connectivity index (χ1v) is 10.0. The van der Waals surface area contributed by atoms with Crippen LogP contribution in [0.3, 0.4) is 0 Å². The maximum atomic E-state index is 12.1. The van der Waals surface area contributed by atoms with E-state index in [-0.39, 0.29) is 12.5 Å². The molecule has 3 aromatic rings. The number of carbonyl (C=O) groups is 1. The van der Waals surface area contributed by atoms with Crippen molar-refractivity contribution < 1.29 is 14.3 Å². The Balaban J connectivity index is 1.53. The van der Waals surface area contributed by atoms with E-state index in [1.54, 1.807) is 13.2 Å². The molecule has 0 aliphatic rings. The number of amides is 1. The summed E-state index contributed by atoms with van der Waals surface area (Å²) < 4.78 is 11.2. The SMILES string of the molecule is COc1cc(/C=N\NC(=O)Cn2nnc(-c3ccccc3)n2)ccc1OCCC(C)C. The first kappa shape index (κ1) is 21.9. The molecule has 0 aliphatic heterocycles. The standard InChI is InChI=1S/C22H26N6O3/c1-16(2)11-12-31-19-10-9-17(13-20(19)30-3)14-23-24-21(29)15-28-26-22(25-27-28)18-7-5-4-6-8-18/h4-10,13-14,16H,11-12,15H2,1-3H3,(H,24,29)/b23-14-. The molecule has 31 heavy (non-hydrogen) atoms. The Bertz CT molecular complexity index is 1020. The third-order valence-electron chi connectivity index (χ3n) is 4.31. The lowest BCUT2D eigenvalue weighted by molar-refractivity contribution is -0.122. The summed E-state index contributed by atoms with van der Waals surface area (Å²) in [6.07, 6.45) is 2.49. The number of hydrazone groups is 1. The first-order chi connectivity index (χ1) is 15.0. The highest BCUT2D eigenvalue weighted by molar-refractivity contribution is 5.83. The van der Waals surface area contributed by atoms with Gasteiger partial charge in [-0.25, -0.2) is 5.43 Å². The van der Waals surface area contributed by atoms with E-state index in [0.717, 1.165) is 17.5 Å². The zero-order valence-corrected chi connectivity index (χ0v) is 17.9. The number of benzene rings is 2. The summed E-state index contributed by atoms with van der Waals surface area (Å²) in [7, 11) is 1.59. The van der Waals surface area contributed by atoms with E-state index in [1.807, 2.05) is 42.5 Å². The fourth-order valence-corrected chi connectivity index (χ4v) is 2.64. The summed E-state index contributed by atoms with van der Waals surface area (Å²) in [4.78, 5) is 13.3. The molecule has 0 spiro atoms. The van der Waals surface area contributed by atoms with Crippen molar-refractivity contribution in [2.45, 2.75) is 26.8 Å². The minimum Gasteiger partial charge on any atom is -0.493 e. The third-order valence-corrected chi connectivity index (χ3v) is 4.31. The summed E-state index contributed by atoms with van der Waals surface area (Å²) in [5.41, 5.74) is 4.05. The highest BCUT2D eigenvalue weighted by Crippen LogP contribution is 2.27. The van der Waals surface area contributed by atoms with Crippen LogP contribution in [0.4, 0.5) is 0 Å². The van der Waals surface area contributed by atoms with Gasteiger partial charge < -0.3 is 9.47 Å². The van der Waals surface area contributed by atoms with Gasteiger partial charge in [-0.2, -0.15) is 9.90 Å². The number of ether oxygens (including phenoxy) is 2. The van der Waals surface area contributed by atoms with Crippen molar-refractivity contribution in [1.82, 2.24) is 25.6 Å². The molecule has 9 nitrogen and oxygen atoms in total. The highest BCUT2D eigenvalue weighted by atomic mass is 16.5. The van der Waals surface area contributed by atoms with Crippen LogP contribution in [-0.2, 0) is 11.3 Å². The number of carbonyl (C=O) groups excluding carboxylic acids is 1.